The van der Waals surface area contributed by atoms with Crippen LogP contribution >= 0.6 is 0 Å². The van der Waals surface area contributed by atoms with Crippen molar-refractivity contribution in [3.05, 3.63) is 7.43 Å². The van der Waals surface area contributed by atoms with Crippen LogP contribution in [0.1, 0.15) is 25.7 Å². The summed E-state index contributed by atoms with van der Waals surface area (Å²) in [4.78, 5) is 0. The molecule has 0 amide bonds. The van der Waals surface area contributed by atoms with Crippen LogP contribution in [0.4, 0.5) is 0 Å². The van der Waals surface area contributed by atoms with Crippen LogP contribution in [-0.4, -0.2) is 0 Å². The van der Waals surface area contributed by atoms with Crippen molar-refractivity contribution in [1.29, 1.82) is 0 Å². The Hall–Kier alpha value is 0.532. The first-order chi connectivity index (χ1) is 3.50. The molecule has 0 aliphatic carbocycles. The molecular formula is C7H12Cr. The fourth-order valence-electron chi connectivity index (χ4n) is 0.864. The maximum Gasteiger partial charge on any atom is 0 e. The molecule has 0 bridgehead atoms. The van der Waals surface area contributed by atoms with E-state index in [0.717, 1.165) is 15.2 Å². The minimum atomic E-state index is 0. The molecule has 0 aromatic rings. The average Bonchev–Trinajstić information content (AvgIpc) is 1.90. The smallest absolute Gasteiger partial charge is 0 e. The summed E-state index contributed by atoms with van der Waals surface area (Å²) >= 11 is 1.04. The number of rotatable bonds is 0. The summed E-state index contributed by atoms with van der Waals surface area (Å²) < 4.78 is 0. The van der Waals surface area contributed by atoms with Crippen LogP contribution in [0.3, 0.4) is 0 Å². The molecule has 1 heterocycles. The van der Waals surface area contributed by atoms with Crippen LogP contribution in [0.5, 0.6) is 0 Å². The SMILES string of the molecule is C1CC[CH2][Cr][CH2]C1.[C]. The van der Waals surface area contributed by atoms with Crippen molar-refractivity contribution in [3.8, 4) is 0 Å². The third-order valence-corrected chi connectivity index (χ3v) is 3.13. The maximum atomic E-state index is 1.56. The van der Waals surface area contributed by atoms with Gasteiger partial charge in [0.25, 0.3) is 0 Å². The second-order valence-corrected chi connectivity index (χ2v) is 3.94. The van der Waals surface area contributed by atoms with Crippen LogP contribution < -0.4 is 0 Å². The van der Waals surface area contributed by atoms with Gasteiger partial charge in [0.05, 0.1) is 0 Å². The molecule has 1 aliphatic heterocycles. The summed E-state index contributed by atoms with van der Waals surface area (Å²) in [7, 11) is 0. The number of hydrogen-bond donors (Lipinski definition) is 0. The predicted octanol–water partition coefficient (Wildman–Crippen LogP) is 2.56. The van der Waals surface area contributed by atoms with E-state index in [9.17, 15) is 0 Å². The Kier molecular flexibility index (Phi) is 6.04. The summed E-state index contributed by atoms with van der Waals surface area (Å²) in [6, 6.07) is 0. The minimum absolute atomic E-state index is 0. The molecule has 0 nitrogen and oxygen atoms in total. The molecule has 0 N–H and O–H groups in total. The maximum absolute atomic E-state index is 1.56. The zero-order chi connectivity index (χ0) is 4.95. The van der Waals surface area contributed by atoms with E-state index in [1.807, 2.05) is 0 Å². The van der Waals surface area contributed by atoms with E-state index in [4.69, 9.17) is 0 Å². The van der Waals surface area contributed by atoms with Crippen molar-refractivity contribution < 1.29 is 15.2 Å². The van der Waals surface area contributed by atoms with Crippen LogP contribution in [0.15, 0.2) is 0 Å². The molecular weight excluding hydrogens is 136 g/mol. The molecule has 46 valence electrons. The Labute approximate surface area is 59.4 Å². The fraction of sp³-hybridized carbons (Fsp3) is 0.857. The van der Waals surface area contributed by atoms with Crippen molar-refractivity contribution in [2.45, 2.75) is 36.2 Å². The van der Waals surface area contributed by atoms with Gasteiger partial charge >= 0.3 is 51.5 Å². The van der Waals surface area contributed by atoms with Gasteiger partial charge in [-0.1, -0.05) is 0 Å². The van der Waals surface area contributed by atoms with E-state index in [2.05, 4.69) is 0 Å². The van der Waals surface area contributed by atoms with Crippen molar-refractivity contribution >= 4 is 0 Å². The predicted molar refractivity (Wildman–Crippen MR) is 31.3 cm³/mol. The van der Waals surface area contributed by atoms with Gasteiger partial charge in [-0.05, 0) is 0 Å². The van der Waals surface area contributed by atoms with Gasteiger partial charge in [0.15, 0.2) is 0 Å². The molecule has 1 heteroatoms. The van der Waals surface area contributed by atoms with Crippen molar-refractivity contribution in [2.75, 3.05) is 0 Å². The summed E-state index contributed by atoms with van der Waals surface area (Å²) in [5, 5.41) is 3.12. The summed E-state index contributed by atoms with van der Waals surface area (Å²) in [5.74, 6) is 0. The van der Waals surface area contributed by atoms with Crippen LogP contribution in [0, 0.1) is 7.43 Å². The van der Waals surface area contributed by atoms with E-state index < -0.39 is 0 Å². The van der Waals surface area contributed by atoms with E-state index in [0.29, 0.717) is 0 Å². The Morgan fingerprint density at radius 1 is 0.750 bits per heavy atom. The summed E-state index contributed by atoms with van der Waals surface area (Å²) in [6.07, 6.45) is 6.09. The van der Waals surface area contributed by atoms with Gasteiger partial charge in [0.1, 0.15) is 0 Å². The fourth-order valence-corrected chi connectivity index (χ4v) is 2.46. The van der Waals surface area contributed by atoms with Gasteiger partial charge in [-0.15, -0.1) is 0 Å². The average molecular weight is 148 g/mol. The first-order valence-electron chi connectivity index (χ1n) is 3.08. The van der Waals surface area contributed by atoms with Gasteiger partial charge < -0.3 is 0 Å². The molecule has 1 saturated heterocycles. The van der Waals surface area contributed by atoms with Crippen molar-refractivity contribution in [2.24, 2.45) is 0 Å². The molecule has 0 unspecified atom stereocenters. The van der Waals surface area contributed by atoms with Crippen molar-refractivity contribution in [1.82, 2.24) is 0 Å². The minimum Gasteiger partial charge on any atom is 0 e. The second kappa shape index (κ2) is 5.67. The van der Waals surface area contributed by atoms with E-state index >= 15 is 0 Å². The van der Waals surface area contributed by atoms with Gasteiger partial charge in [-0.25, -0.2) is 0 Å². The quantitative estimate of drug-likeness (QED) is 0.495. The Morgan fingerprint density at radius 2 is 1.25 bits per heavy atom. The molecule has 0 aromatic heterocycles. The first-order valence-corrected chi connectivity index (χ1v) is 4.88. The third-order valence-electron chi connectivity index (χ3n) is 1.33. The van der Waals surface area contributed by atoms with Crippen LogP contribution in [-0.2, 0) is 15.2 Å². The van der Waals surface area contributed by atoms with E-state index in [1.54, 1.807) is 10.6 Å². The molecule has 4 radical (unpaired) electrons. The largest absolute Gasteiger partial charge is 0 e. The first kappa shape index (κ1) is 8.53. The Bertz CT molecular complexity index is 24.0. The van der Waals surface area contributed by atoms with E-state index in [-0.39, 0.29) is 7.43 Å². The van der Waals surface area contributed by atoms with Gasteiger partial charge in [-0.2, -0.15) is 0 Å². The van der Waals surface area contributed by atoms with Crippen LogP contribution in [0.25, 0.3) is 0 Å². The summed E-state index contributed by atoms with van der Waals surface area (Å²) in [5.41, 5.74) is 0. The van der Waals surface area contributed by atoms with Crippen molar-refractivity contribution in [3.63, 3.8) is 0 Å². The second-order valence-electron chi connectivity index (χ2n) is 2.03. The van der Waals surface area contributed by atoms with Gasteiger partial charge in [-0.3, -0.25) is 0 Å². The van der Waals surface area contributed by atoms with Gasteiger partial charge in [0.2, 0.25) is 0 Å². The monoisotopic (exact) mass is 148 g/mol. The third kappa shape index (κ3) is 3.52. The Morgan fingerprint density at radius 3 is 1.75 bits per heavy atom. The number of hydrogen-bond acceptors (Lipinski definition) is 0. The molecule has 0 atom stereocenters. The Balaban J connectivity index is 0.000000490. The molecule has 8 heavy (non-hydrogen) atoms. The molecule has 0 saturated carbocycles. The van der Waals surface area contributed by atoms with E-state index in [1.165, 1.54) is 25.7 Å². The summed E-state index contributed by atoms with van der Waals surface area (Å²) in [6.45, 7) is 0. The topological polar surface area (TPSA) is 0 Å². The molecule has 1 fully saturated rings. The van der Waals surface area contributed by atoms with Crippen LogP contribution in [0.2, 0.25) is 10.6 Å². The molecule has 1 aliphatic rings. The van der Waals surface area contributed by atoms with Gasteiger partial charge in [0, 0.05) is 7.43 Å². The molecule has 1 rings (SSSR count). The standard InChI is InChI=1S/C6H12.C.Cr/c1-3-5-6-4-2;;/h1-6H2;;. The zero-order valence-electron chi connectivity index (χ0n) is 5.15. The molecule has 0 aromatic carbocycles. The normalized spacial score (nSPS) is 21.0. The molecule has 0 spiro atoms. The zero-order valence-corrected chi connectivity index (χ0v) is 6.43.